The summed E-state index contributed by atoms with van der Waals surface area (Å²) in [5.41, 5.74) is 2.73. The maximum atomic E-state index is 12.6. The number of benzene rings is 1. The lowest BCUT2D eigenvalue weighted by Crippen LogP contribution is -2.50. The quantitative estimate of drug-likeness (QED) is 0.774. The number of hydrogen-bond acceptors (Lipinski definition) is 4. The normalized spacial score (nSPS) is 14.8. The average Bonchev–Trinajstić information content (AvgIpc) is 3.12. The van der Waals surface area contributed by atoms with Gasteiger partial charge >= 0.3 is 6.03 Å². The number of para-hydroxylation sites is 1. The smallest absolute Gasteiger partial charge is 0.322 e. The van der Waals surface area contributed by atoms with Gasteiger partial charge < -0.3 is 15.1 Å². The third kappa shape index (κ3) is 3.58. The van der Waals surface area contributed by atoms with Gasteiger partial charge in [-0.25, -0.2) is 14.5 Å². The number of carbonyl (C=O) groups is 1. The van der Waals surface area contributed by atoms with Gasteiger partial charge in [0, 0.05) is 43.3 Å². The van der Waals surface area contributed by atoms with Crippen molar-refractivity contribution in [1.82, 2.24) is 19.7 Å². The van der Waals surface area contributed by atoms with Gasteiger partial charge in [0.25, 0.3) is 0 Å². The molecule has 0 saturated carbocycles. The minimum absolute atomic E-state index is 0.0832. The van der Waals surface area contributed by atoms with Crippen LogP contribution in [0.5, 0.6) is 0 Å². The highest BCUT2D eigenvalue weighted by molar-refractivity contribution is 5.91. The summed E-state index contributed by atoms with van der Waals surface area (Å²) in [6.07, 6.45) is 3.48. The Kier molecular flexibility index (Phi) is 4.66. The summed E-state index contributed by atoms with van der Waals surface area (Å²) >= 11 is 0. The van der Waals surface area contributed by atoms with Crippen LogP contribution in [0.4, 0.5) is 16.2 Å². The van der Waals surface area contributed by atoms with E-state index in [0.29, 0.717) is 18.8 Å². The van der Waals surface area contributed by atoms with Crippen molar-refractivity contribution in [3.8, 4) is 0 Å². The Morgan fingerprint density at radius 1 is 1.07 bits per heavy atom. The fourth-order valence-electron chi connectivity index (χ4n) is 3.40. The van der Waals surface area contributed by atoms with Gasteiger partial charge in [-0.3, -0.25) is 0 Å². The van der Waals surface area contributed by atoms with Gasteiger partial charge in [-0.1, -0.05) is 18.2 Å². The molecular weight excluding hydrogens is 340 g/mol. The number of nitrogens with zero attached hydrogens (tertiary/aromatic N) is 5. The first kappa shape index (κ1) is 17.3. The summed E-state index contributed by atoms with van der Waals surface area (Å²) in [6, 6.07) is 12.4. The lowest BCUT2D eigenvalue weighted by Gasteiger charge is -2.36. The van der Waals surface area contributed by atoms with Crippen molar-refractivity contribution in [1.29, 1.82) is 0 Å². The van der Waals surface area contributed by atoms with E-state index in [9.17, 15) is 4.79 Å². The molecule has 1 aromatic carbocycles. The molecule has 3 aromatic rings. The van der Waals surface area contributed by atoms with E-state index < -0.39 is 0 Å². The van der Waals surface area contributed by atoms with Gasteiger partial charge in [-0.2, -0.15) is 5.10 Å². The number of aromatic nitrogens is 3. The molecule has 27 heavy (non-hydrogen) atoms. The number of rotatable bonds is 3. The van der Waals surface area contributed by atoms with E-state index in [1.54, 1.807) is 12.4 Å². The van der Waals surface area contributed by atoms with Crippen LogP contribution < -0.4 is 10.2 Å². The summed E-state index contributed by atoms with van der Waals surface area (Å²) in [6.45, 7) is 7.19. The van der Waals surface area contributed by atoms with Crippen LogP contribution in [0.3, 0.4) is 0 Å². The molecule has 2 aromatic heterocycles. The summed E-state index contributed by atoms with van der Waals surface area (Å²) < 4.78 is 1.88. The molecule has 7 heteroatoms. The SMILES string of the molecule is CC(C)n1ncc2cc(NC(=O)N3CCN(c4ccccc4)CC3)cnc21. The fraction of sp³-hybridized carbons (Fsp3) is 0.350. The van der Waals surface area contributed by atoms with Gasteiger partial charge in [0.2, 0.25) is 0 Å². The summed E-state index contributed by atoms with van der Waals surface area (Å²) in [7, 11) is 0. The first-order valence-corrected chi connectivity index (χ1v) is 9.31. The number of carbonyl (C=O) groups excluding carboxylic acids is 1. The molecule has 0 aliphatic carbocycles. The van der Waals surface area contributed by atoms with Crippen LogP contribution in [0.1, 0.15) is 19.9 Å². The Balaban J connectivity index is 1.39. The topological polar surface area (TPSA) is 66.3 Å². The highest BCUT2D eigenvalue weighted by Crippen LogP contribution is 2.20. The zero-order valence-corrected chi connectivity index (χ0v) is 15.7. The first-order valence-electron chi connectivity index (χ1n) is 9.31. The molecule has 7 nitrogen and oxygen atoms in total. The highest BCUT2D eigenvalue weighted by Gasteiger charge is 2.21. The van der Waals surface area contributed by atoms with Crippen molar-refractivity contribution in [3.05, 3.63) is 48.8 Å². The molecular formula is C20H24N6O. The highest BCUT2D eigenvalue weighted by atomic mass is 16.2. The van der Waals surface area contributed by atoms with Gasteiger partial charge in [-0.15, -0.1) is 0 Å². The maximum absolute atomic E-state index is 12.6. The summed E-state index contributed by atoms with van der Waals surface area (Å²) in [5, 5.41) is 8.26. The molecule has 1 aliphatic rings. The third-order valence-electron chi connectivity index (χ3n) is 4.86. The molecule has 3 heterocycles. The predicted molar refractivity (Wildman–Crippen MR) is 107 cm³/mol. The van der Waals surface area contributed by atoms with Gasteiger partial charge in [0.1, 0.15) is 0 Å². The Morgan fingerprint density at radius 3 is 2.52 bits per heavy atom. The molecule has 2 amide bonds. The van der Waals surface area contributed by atoms with Crippen LogP contribution in [0.25, 0.3) is 11.0 Å². The second-order valence-electron chi connectivity index (χ2n) is 7.06. The molecule has 4 rings (SSSR count). The molecule has 0 unspecified atom stereocenters. The average molecular weight is 364 g/mol. The van der Waals surface area contributed by atoms with Crippen molar-refractivity contribution in [3.63, 3.8) is 0 Å². The number of hydrogen-bond donors (Lipinski definition) is 1. The van der Waals surface area contributed by atoms with Crippen molar-refractivity contribution < 1.29 is 4.79 Å². The van der Waals surface area contributed by atoms with Crippen LogP contribution in [0.2, 0.25) is 0 Å². The lowest BCUT2D eigenvalue weighted by molar-refractivity contribution is 0.208. The van der Waals surface area contributed by atoms with E-state index in [0.717, 1.165) is 24.1 Å². The van der Waals surface area contributed by atoms with Gasteiger partial charge in [-0.05, 0) is 32.0 Å². The molecule has 0 bridgehead atoms. The Hall–Kier alpha value is -3.09. The van der Waals surface area contributed by atoms with Crippen LogP contribution >= 0.6 is 0 Å². The van der Waals surface area contributed by atoms with E-state index in [1.165, 1.54) is 5.69 Å². The van der Waals surface area contributed by atoms with Crippen molar-refractivity contribution in [2.75, 3.05) is 36.4 Å². The van der Waals surface area contributed by atoms with Crippen LogP contribution in [0, 0.1) is 0 Å². The zero-order chi connectivity index (χ0) is 18.8. The predicted octanol–water partition coefficient (Wildman–Crippen LogP) is 3.37. The zero-order valence-electron chi connectivity index (χ0n) is 15.7. The van der Waals surface area contributed by atoms with Gasteiger partial charge in [0.05, 0.1) is 18.1 Å². The lowest BCUT2D eigenvalue weighted by atomic mass is 10.2. The largest absolute Gasteiger partial charge is 0.368 e. The van der Waals surface area contributed by atoms with E-state index >= 15 is 0 Å². The first-order chi connectivity index (χ1) is 13.1. The number of piperazine rings is 1. The standard InChI is InChI=1S/C20H24N6O/c1-15(2)26-19-16(13-22-26)12-17(14-21-19)23-20(27)25-10-8-24(9-11-25)18-6-4-3-5-7-18/h3-7,12-15H,8-11H2,1-2H3,(H,23,27). The molecule has 0 atom stereocenters. The molecule has 0 radical (unpaired) electrons. The van der Waals surface area contributed by atoms with Crippen molar-refractivity contribution in [2.45, 2.75) is 19.9 Å². The van der Waals surface area contributed by atoms with Crippen LogP contribution in [0.15, 0.2) is 48.8 Å². The second-order valence-corrected chi connectivity index (χ2v) is 7.06. The van der Waals surface area contributed by atoms with Crippen molar-refractivity contribution >= 4 is 28.4 Å². The van der Waals surface area contributed by atoms with Crippen LogP contribution in [-0.2, 0) is 0 Å². The fourth-order valence-corrected chi connectivity index (χ4v) is 3.40. The Labute approximate surface area is 158 Å². The maximum Gasteiger partial charge on any atom is 0.322 e. The second kappa shape index (κ2) is 7.26. The third-order valence-corrected chi connectivity index (χ3v) is 4.86. The number of urea groups is 1. The van der Waals surface area contributed by atoms with E-state index in [4.69, 9.17) is 0 Å². The minimum atomic E-state index is -0.0832. The number of amides is 2. The molecule has 1 aliphatic heterocycles. The Morgan fingerprint density at radius 2 is 1.81 bits per heavy atom. The summed E-state index contributed by atoms with van der Waals surface area (Å²) in [4.78, 5) is 21.2. The van der Waals surface area contributed by atoms with Gasteiger partial charge in [0.15, 0.2) is 5.65 Å². The Bertz CT molecular complexity index is 928. The molecule has 140 valence electrons. The summed E-state index contributed by atoms with van der Waals surface area (Å²) in [5.74, 6) is 0. The van der Waals surface area contributed by atoms with E-state index in [-0.39, 0.29) is 12.1 Å². The molecule has 1 saturated heterocycles. The molecule has 1 fully saturated rings. The van der Waals surface area contributed by atoms with Crippen molar-refractivity contribution in [2.24, 2.45) is 0 Å². The van der Waals surface area contributed by atoms with E-state index in [2.05, 4.69) is 46.3 Å². The van der Waals surface area contributed by atoms with Crippen LogP contribution in [-0.4, -0.2) is 51.9 Å². The monoisotopic (exact) mass is 364 g/mol. The molecule has 0 spiro atoms. The van der Waals surface area contributed by atoms with E-state index in [1.807, 2.05) is 33.8 Å². The number of fused-ring (bicyclic) bond motifs is 1. The number of anilines is 2. The minimum Gasteiger partial charge on any atom is -0.368 e. The number of nitrogens with one attached hydrogen (secondary N) is 1. The molecule has 1 N–H and O–H groups in total. The number of pyridine rings is 1.